The summed E-state index contributed by atoms with van der Waals surface area (Å²) in [6.45, 7) is 0. The lowest BCUT2D eigenvalue weighted by atomic mass is 10.1. The van der Waals surface area contributed by atoms with Crippen molar-refractivity contribution in [3.63, 3.8) is 0 Å². The fourth-order valence-electron chi connectivity index (χ4n) is 2.86. The predicted molar refractivity (Wildman–Crippen MR) is 89.5 cm³/mol. The molecule has 2 aromatic rings. The minimum Gasteiger partial charge on any atom is -0.381 e. The number of halogens is 3. The highest BCUT2D eigenvalue weighted by molar-refractivity contribution is 6.03. The molecule has 3 rings (SSSR count). The Bertz CT molecular complexity index is 721. The summed E-state index contributed by atoms with van der Waals surface area (Å²) in [4.78, 5) is 16.3. The first-order valence-electron chi connectivity index (χ1n) is 8.13. The second-order valence-corrected chi connectivity index (χ2v) is 6.09. The van der Waals surface area contributed by atoms with Crippen molar-refractivity contribution in [2.24, 2.45) is 0 Å². The number of hydrogen-bond acceptors (Lipinski definition) is 3. The summed E-state index contributed by atoms with van der Waals surface area (Å²) in [6, 6.07) is 8.03. The van der Waals surface area contributed by atoms with E-state index in [1.807, 2.05) is 6.07 Å². The summed E-state index contributed by atoms with van der Waals surface area (Å²) in [5, 5.41) is 5.97. The lowest BCUT2D eigenvalue weighted by Crippen LogP contribution is -2.16. The first-order valence-corrected chi connectivity index (χ1v) is 8.13. The molecule has 0 unspecified atom stereocenters. The zero-order valence-electron chi connectivity index (χ0n) is 13.4. The van der Waals surface area contributed by atoms with Crippen LogP contribution in [-0.4, -0.2) is 16.9 Å². The average Bonchev–Trinajstić information content (AvgIpc) is 3.09. The molecule has 0 bridgehead atoms. The highest BCUT2D eigenvalue weighted by Gasteiger charge is 2.30. The molecule has 132 valence electrons. The molecule has 0 atom stereocenters. The van der Waals surface area contributed by atoms with Crippen LogP contribution in [0.1, 0.15) is 41.6 Å². The van der Waals surface area contributed by atoms with Gasteiger partial charge in [-0.05, 0) is 49.2 Å². The molecule has 2 N–H and O–H groups in total. The predicted octanol–water partition coefficient (Wildman–Crippen LogP) is 4.71. The molecule has 1 aromatic carbocycles. The molecule has 1 saturated carbocycles. The maximum atomic E-state index is 12.5. The van der Waals surface area contributed by atoms with Crippen LogP contribution in [0.15, 0.2) is 42.6 Å². The minimum atomic E-state index is -4.42. The van der Waals surface area contributed by atoms with E-state index in [9.17, 15) is 18.0 Å². The van der Waals surface area contributed by atoms with Crippen molar-refractivity contribution in [1.82, 2.24) is 4.98 Å². The van der Waals surface area contributed by atoms with Crippen LogP contribution in [0.4, 0.5) is 24.7 Å². The Hall–Kier alpha value is -2.57. The van der Waals surface area contributed by atoms with E-state index in [4.69, 9.17) is 0 Å². The summed E-state index contributed by atoms with van der Waals surface area (Å²) in [7, 11) is 0. The quantitative estimate of drug-likeness (QED) is 0.841. The van der Waals surface area contributed by atoms with E-state index in [0.29, 0.717) is 11.9 Å². The molecule has 1 aliphatic carbocycles. The van der Waals surface area contributed by atoms with Crippen LogP contribution in [0.25, 0.3) is 0 Å². The average molecular weight is 349 g/mol. The highest BCUT2D eigenvalue weighted by Crippen LogP contribution is 2.29. The molecule has 0 aliphatic heterocycles. The van der Waals surface area contributed by atoms with Crippen LogP contribution in [0.2, 0.25) is 0 Å². The van der Waals surface area contributed by atoms with Gasteiger partial charge in [-0.2, -0.15) is 13.2 Å². The number of anilines is 2. The number of carbonyl (C=O) groups excluding carboxylic acids is 1. The number of aromatic nitrogens is 1. The summed E-state index contributed by atoms with van der Waals surface area (Å²) in [5.41, 5.74) is 0.243. The van der Waals surface area contributed by atoms with Gasteiger partial charge in [0, 0.05) is 11.6 Å². The third-order valence-electron chi connectivity index (χ3n) is 4.21. The SMILES string of the molecule is O=C(Nc1ccc(NC2CCCC2)cn1)c1ccc(C(F)(F)F)cc1. The van der Waals surface area contributed by atoms with Crippen molar-refractivity contribution in [3.05, 3.63) is 53.7 Å². The molecule has 4 nitrogen and oxygen atoms in total. The maximum Gasteiger partial charge on any atom is 0.416 e. The van der Waals surface area contributed by atoms with Crippen LogP contribution in [0, 0.1) is 0 Å². The molecule has 7 heteroatoms. The van der Waals surface area contributed by atoms with Crippen LogP contribution < -0.4 is 10.6 Å². The van der Waals surface area contributed by atoms with Gasteiger partial charge in [0.15, 0.2) is 0 Å². The fraction of sp³-hybridized carbons (Fsp3) is 0.333. The van der Waals surface area contributed by atoms with E-state index in [0.717, 1.165) is 42.8 Å². The van der Waals surface area contributed by atoms with Gasteiger partial charge in [0.25, 0.3) is 5.91 Å². The monoisotopic (exact) mass is 349 g/mol. The van der Waals surface area contributed by atoms with Gasteiger partial charge in [0.2, 0.25) is 0 Å². The highest BCUT2D eigenvalue weighted by atomic mass is 19.4. The third kappa shape index (κ3) is 4.49. The fourth-order valence-corrected chi connectivity index (χ4v) is 2.86. The largest absolute Gasteiger partial charge is 0.416 e. The van der Waals surface area contributed by atoms with Crippen molar-refractivity contribution in [2.45, 2.75) is 37.9 Å². The van der Waals surface area contributed by atoms with Crippen molar-refractivity contribution < 1.29 is 18.0 Å². The molecule has 25 heavy (non-hydrogen) atoms. The van der Waals surface area contributed by atoms with Gasteiger partial charge in [0.05, 0.1) is 17.4 Å². The standard InChI is InChI=1S/C18H18F3N3O/c19-18(20,21)13-7-5-12(6-8-13)17(25)24-16-10-9-15(11-22-16)23-14-3-1-2-4-14/h5-11,14,23H,1-4H2,(H,22,24,25). The summed E-state index contributed by atoms with van der Waals surface area (Å²) in [5.74, 6) is -0.153. The number of hydrogen-bond donors (Lipinski definition) is 2. The van der Waals surface area contributed by atoms with Crippen molar-refractivity contribution >= 4 is 17.4 Å². The Balaban J connectivity index is 1.60. The summed E-state index contributed by atoms with van der Waals surface area (Å²) < 4.78 is 37.6. The van der Waals surface area contributed by atoms with Gasteiger partial charge in [0.1, 0.15) is 5.82 Å². The number of alkyl halides is 3. The third-order valence-corrected chi connectivity index (χ3v) is 4.21. The van der Waals surface area contributed by atoms with Gasteiger partial charge in [-0.25, -0.2) is 4.98 Å². The van der Waals surface area contributed by atoms with E-state index < -0.39 is 17.6 Å². The summed E-state index contributed by atoms with van der Waals surface area (Å²) >= 11 is 0. The van der Waals surface area contributed by atoms with Gasteiger partial charge in [-0.1, -0.05) is 12.8 Å². The van der Waals surface area contributed by atoms with Gasteiger partial charge < -0.3 is 10.6 Å². The van der Waals surface area contributed by atoms with E-state index in [-0.39, 0.29) is 5.56 Å². The Morgan fingerprint density at radius 1 is 1.04 bits per heavy atom. The van der Waals surface area contributed by atoms with E-state index in [1.165, 1.54) is 12.8 Å². The molecule has 1 amide bonds. The Morgan fingerprint density at radius 2 is 1.72 bits per heavy atom. The number of carbonyl (C=O) groups is 1. The van der Waals surface area contributed by atoms with E-state index >= 15 is 0 Å². The Morgan fingerprint density at radius 3 is 2.28 bits per heavy atom. The molecule has 1 fully saturated rings. The normalized spacial score (nSPS) is 15.2. The van der Waals surface area contributed by atoms with E-state index in [1.54, 1.807) is 12.3 Å². The summed E-state index contributed by atoms with van der Waals surface area (Å²) in [6.07, 6.45) is 1.97. The first-order chi connectivity index (χ1) is 11.9. The molecular formula is C18H18F3N3O. The van der Waals surface area contributed by atoms with Crippen LogP contribution in [0.5, 0.6) is 0 Å². The van der Waals surface area contributed by atoms with Gasteiger partial charge >= 0.3 is 6.18 Å². The van der Waals surface area contributed by atoms with Crippen molar-refractivity contribution in [3.8, 4) is 0 Å². The Labute approximate surface area is 143 Å². The van der Waals surface area contributed by atoms with Crippen LogP contribution in [-0.2, 0) is 6.18 Å². The van der Waals surface area contributed by atoms with E-state index in [2.05, 4.69) is 15.6 Å². The van der Waals surface area contributed by atoms with Gasteiger partial charge in [-0.3, -0.25) is 4.79 Å². The number of benzene rings is 1. The lowest BCUT2D eigenvalue weighted by molar-refractivity contribution is -0.137. The number of amides is 1. The van der Waals surface area contributed by atoms with Crippen molar-refractivity contribution in [2.75, 3.05) is 10.6 Å². The number of rotatable bonds is 4. The number of nitrogens with one attached hydrogen (secondary N) is 2. The number of pyridine rings is 1. The van der Waals surface area contributed by atoms with Crippen LogP contribution in [0.3, 0.4) is 0 Å². The molecule has 0 spiro atoms. The molecular weight excluding hydrogens is 331 g/mol. The second-order valence-electron chi connectivity index (χ2n) is 6.09. The molecule has 1 heterocycles. The zero-order chi connectivity index (χ0) is 17.9. The lowest BCUT2D eigenvalue weighted by Gasteiger charge is -2.13. The molecule has 1 aliphatic rings. The first kappa shape index (κ1) is 17.3. The van der Waals surface area contributed by atoms with Crippen LogP contribution >= 0.6 is 0 Å². The van der Waals surface area contributed by atoms with Crippen molar-refractivity contribution in [1.29, 1.82) is 0 Å². The Kier molecular flexibility index (Phi) is 4.92. The number of nitrogens with zero attached hydrogens (tertiary/aromatic N) is 1. The van der Waals surface area contributed by atoms with Gasteiger partial charge in [-0.15, -0.1) is 0 Å². The topological polar surface area (TPSA) is 54.0 Å². The maximum absolute atomic E-state index is 12.5. The minimum absolute atomic E-state index is 0.142. The molecule has 0 saturated heterocycles. The molecule has 0 radical (unpaired) electrons. The smallest absolute Gasteiger partial charge is 0.381 e. The zero-order valence-corrected chi connectivity index (χ0v) is 13.4. The second kappa shape index (κ2) is 7.13. The molecule has 1 aromatic heterocycles.